The van der Waals surface area contributed by atoms with Gasteiger partial charge in [0.25, 0.3) is 0 Å². The number of hydrogen-bond donors (Lipinski definition) is 1. The molecule has 0 aliphatic carbocycles. The van der Waals surface area contributed by atoms with E-state index >= 15 is 0 Å². The normalized spacial score (nSPS) is 24.8. The van der Waals surface area contributed by atoms with E-state index in [1.807, 2.05) is 27.7 Å². The van der Waals surface area contributed by atoms with Crippen molar-refractivity contribution >= 4 is 5.91 Å². The lowest BCUT2D eigenvalue weighted by atomic mass is 9.93. The lowest BCUT2D eigenvalue weighted by Crippen LogP contribution is -2.47. The van der Waals surface area contributed by atoms with Crippen LogP contribution < -0.4 is 0 Å². The maximum atomic E-state index is 12.5. The van der Waals surface area contributed by atoms with Gasteiger partial charge in [0.05, 0.1) is 11.8 Å². The number of aromatic nitrogens is 1. The first-order chi connectivity index (χ1) is 9.40. The summed E-state index contributed by atoms with van der Waals surface area (Å²) in [6.45, 7) is 8.92. The van der Waals surface area contributed by atoms with E-state index < -0.39 is 6.10 Å². The van der Waals surface area contributed by atoms with E-state index in [4.69, 9.17) is 4.52 Å². The number of piperidine rings is 1. The van der Waals surface area contributed by atoms with Gasteiger partial charge in [0.1, 0.15) is 5.76 Å². The Bertz CT molecular complexity index is 464. The Balaban J connectivity index is 1.99. The Hall–Kier alpha value is -1.36. The minimum absolute atomic E-state index is 0.107. The average Bonchev–Trinajstić information content (AvgIpc) is 2.72. The fourth-order valence-corrected chi connectivity index (χ4v) is 2.75. The van der Waals surface area contributed by atoms with Crippen molar-refractivity contribution in [2.45, 2.75) is 46.6 Å². The van der Waals surface area contributed by atoms with E-state index in [2.05, 4.69) is 5.16 Å². The molecule has 0 saturated carbocycles. The highest BCUT2D eigenvalue weighted by Crippen LogP contribution is 2.22. The molecule has 20 heavy (non-hydrogen) atoms. The first-order valence-corrected chi connectivity index (χ1v) is 7.28. The molecule has 3 unspecified atom stereocenters. The first kappa shape index (κ1) is 15.0. The van der Waals surface area contributed by atoms with Crippen LogP contribution in [0.4, 0.5) is 0 Å². The molecule has 0 radical (unpaired) electrons. The third kappa shape index (κ3) is 3.03. The van der Waals surface area contributed by atoms with Gasteiger partial charge in [-0.3, -0.25) is 4.79 Å². The zero-order valence-electron chi connectivity index (χ0n) is 12.7. The smallest absolute Gasteiger partial charge is 0.225 e. The summed E-state index contributed by atoms with van der Waals surface area (Å²) in [5, 5.41) is 13.8. The molecule has 1 N–H and O–H groups in total. The zero-order valence-corrected chi connectivity index (χ0v) is 12.7. The highest BCUT2D eigenvalue weighted by Gasteiger charge is 2.30. The van der Waals surface area contributed by atoms with E-state index in [0.29, 0.717) is 13.0 Å². The van der Waals surface area contributed by atoms with Crippen LogP contribution >= 0.6 is 0 Å². The van der Waals surface area contributed by atoms with Crippen molar-refractivity contribution in [2.24, 2.45) is 11.8 Å². The average molecular weight is 280 g/mol. The molecule has 5 nitrogen and oxygen atoms in total. The molecule has 2 heterocycles. The Kier molecular flexibility index (Phi) is 4.48. The van der Waals surface area contributed by atoms with Crippen molar-refractivity contribution in [3.63, 3.8) is 0 Å². The van der Waals surface area contributed by atoms with Crippen LogP contribution in [-0.2, 0) is 11.2 Å². The molecule has 3 atom stereocenters. The van der Waals surface area contributed by atoms with Crippen LogP contribution in [0.5, 0.6) is 0 Å². The molecule has 0 spiro atoms. The molecule has 0 aromatic carbocycles. The Morgan fingerprint density at radius 1 is 1.55 bits per heavy atom. The Morgan fingerprint density at radius 2 is 2.25 bits per heavy atom. The number of nitrogens with zero attached hydrogens (tertiary/aromatic N) is 2. The SMILES string of the molecule is Cc1noc(C)c1CC(C)C(=O)N1CCC(C)C(O)C1. The fourth-order valence-electron chi connectivity index (χ4n) is 2.75. The number of aryl methyl sites for hydroxylation is 2. The number of carbonyl (C=O) groups excluding carboxylic acids is 1. The molecule has 112 valence electrons. The molecule has 1 aromatic heterocycles. The van der Waals surface area contributed by atoms with Crippen LogP contribution in [0.3, 0.4) is 0 Å². The van der Waals surface area contributed by atoms with E-state index in [0.717, 1.165) is 30.0 Å². The largest absolute Gasteiger partial charge is 0.391 e. The summed E-state index contributed by atoms with van der Waals surface area (Å²) in [4.78, 5) is 14.2. The van der Waals surface area contributed by atoms with E-state index in [1.165, 1.54) is 0 Å². The molecule has 1 aliphatic rings. The molecule has 2 rings (SSSR count). The Morgan fingerprint density at radius 3 is 2.80 bits per heavy atom. The third-order valence-electron chi connectivity index (χ3n) is 4.34. The van der Waals surface area contributed by atoms with Crippen LogP contribution in [0.1, 0.15) is 37.3 Å². The van der Waals surface area contributed by atoms with Crippen molar-refractivity contribution in [3.05, 3.63) is 17.0 Å². The second-order valence-electron chi connectivity index (χ2n) is 6.03. The molecular weight excluding hydrogens is 256 g/mol. The van der Waals surface area contributed by atoms with Gasteiger partial charge in [-0.05, 0) is 32.6 Å². The topological polar surface area (TPSA) is 66.6 Å². The minimum Gasteiger partial charge on any atom is -0.391 e. The fraction of sp³-hybridized carbons (Fsp3) is 0.733. The van der Waals surface area contributed by atoms with Crippen molar-refractivity contribution < 1.29 is 14.4 Å². The van der Waals surface area contributed by atoms with Gasteiger partial charge >= 0.3 is 0 Å². The lowest BCUT2D eigenvalue weighted by Gasteiger charge is -2.35. The van der Waals surface area contributed by atoms with Crippen molar-refractivity contribution in [3.8, 4) is 0 Å². The number of rotatable bonds is 3. The molecule has 1 saturated heterocycles. The quantitative estimate of drug-likeness (QED) is 0.915. The van der Waals surface area contributed by atoms with E-state index in [9.17, 15) is 9.90 Å². The number of β-amino-alcohol motifs (C(OH)–C–C–N with tert-alkyl or cyclic N) is 1. The number of hydrogen-bond acceptors (Lipinski definition) is 4. The summed E-state index contributed by atoms with van der Waals surface area (Å²) < 4.78 is 5.14. The maximum absolute atomic E-state index is 12.5. The zero-order chi connectivity index (χ0) is 14.9. The van der Waals surface area contributed by atoms with E-state index in [-0.39, 0.29) is 17.7 Å². The van der Waals surface area contributed by atoms with Crippen LogP contribution in [0.25, 0.3) is 0 Å². The standard InChI is InChI=1S/C15H24N2O3/c1-9-5-6-17(8-14(9)18)15(19)10(2)7-13-11(3)16-20-12(13)4/h9-10,14,18H,5-8H2,1-4H3. The van der Waals surface area contributed by atoms with Gasteiger partial charge in [0, 0.05) is 24.6 Å². The van der Waals surface area contributed by atoms with Crippen LogP contribution in [-0.4, -0.2) is 40.3 Å². The molecule has 1 amide bonds. The summed E-state index contributed by atoms with van der Waals surface area (Å²) >= 11 is 0. The van der Waals surface area contributed by atoms with E-state index in [1.54, 1.807) is 4.90 Å². The summed E-state index contributed by atoms with van der Waals surface area (Å²) in [5.41, 5.74) is 1.88. The monoisotopic (exact) mass is 280 g/mol. The third-order valence-corrected chi connectivity index (χ3v) is 4.34. The summed E-state index contributed by atoms with van der Waals surface area (Å²) in [6.07, 6.45) is 1.10. The van der Waals surface area contributed by atoms with Crippen LogP contribution in [0, 0.1) is 25.7 Å². The molecule has 1 aromatic rings. The van der Waals surface area contributed by atoms with Gasteiger partial charge in [-0.2, -0.15) is 0 Å². The molecule has 1 aliphatic heterocycles. The summed E-state index contributed by atoms with van der Waals surface area (Å²) in [5.74, 6) is 1.05. The highest BCUT2D eigenvalue weighted by molar-refractivity contribution is 5.79. The maximum Gasteiger partial charge on any atom is 0.225 e. The first-order valence-electron chi connectivity index (χ1n) is 7.28. The van der Waals surface area contributed by atoms with Gasteiger partial charge in [0.2, 0.25) is 5.91 Å². The minimum atomic E-state index is -0.404. The van der Waals surface area contributed by atoms with Gasteiger partial charge in [0.15, 0.2) is 0 Å². The van der Waals surface area contributed by atoms with Gasteiger partial charge in [-0.15, -0.1) is 0 Å². The predicted octanol–water partition coefficient (Wildman–Crippen LogP) is 1.70. The number of likely N-dealkylation sites (tertiary alicyclic amines) is 1. The summed E-state index contributed by atoms with van der Waals surface area (Å²) in [7, 11) is 0. The molecule has 5 heteroatoms. The lowest BCUT2D eigenvalue weighted by molar-refractivity contribution is -0.139. The number of carbonyl (C=O) groups is 1. The van der Waals surface area contributed by atoms with Crippen LogP contribution in [0.2, 0.25) is 0 Å². The Labute approximate surface area is 119 Å². The van der Waals surface area contributed by atoms with Gasteiger partial charge in [-0.25, -0.2) is 0 Å². The van der Waals surface area contributed by atoms with Gasteiger partial charge in [-0.1, -0.05) is 19.0 Å². The molecule has 1 fully saturated rings. The number of amides is 1. The summed E-state index contributed by atoms with van der Waals surface area (Å²) in [6, 6.07) is 0. The second kappa shape index (κ2) is 5.95. The second-order valence-corrected chi connectivity index (χ2v) is 6.03. The number of aliphatic hydroxyl groups excluding tert-OH is 1. The molecule has 0 bridgehead atoms. The van der Waals surface area contributed by atoms with Crippen LogP contribution in [0.15, 0.2) is 4.52 Å². The van der Waals surface area contributed by atoms with Crippen molar-refractivity contribution in [2.75, 3.05) is 13.1 Å². The van der Waals surface area contributed by atoms with Crippen molar-refractivity contribution in [1.82, 2.24) is 10.1 Å². The number of aliphatic hydroxyl groups is 1. The predicted molar refractivity (Wildman–Crippen MR) is 75.2 cm³/mol. The molecular formula is C15H24N2O3. The highest BCUT2D eigenvalue weighted by atomic mass is 16.5. The van der Waals surface area contributed by atoms with Gasteiger partial charge < -0.3 is 14.5 Å². The van der Waals surface area contributed by atoms with Crippen molar-refractivity contribution in [1.29, 1.82) is 0 Å².